The molecule has 0 aliphatic carbocycles. The fraction of sp³-hybridized carbons (Fsp3) is 0.0833. The van der Waals surface area contributed by atoms with Gasteiger partial charge in [-0.05, 0) is 100 Å². The van der Waals surface area contributed by atoms with Gasteiger partial charge in [-0.2, -0.15) is 5.26 Å². The Balaban J connectivity index is 1.77. The van der Waals surface area contributed by atoms with Crippen LogP contribution in [0.25, 0.3) is 6.08 Å². The van der Waals surface area contributed by atoms with E-state index in [1.165, 1.54) is 0 Å². The van der Waals surface area contributed by atoms with Crippen LogP contribution in [0.1, 0.15) is 16.7 Å². The van der Waals surface area contributed by atoms with Crippen molar-refractivity contribution in [1.82, 2.24) is 0 Å². The van der Waals surface area contributed by atoms with Gasteiger partial charge in [0.25, 0.3) is 5.91 Å². The maximum atomic E-state index is 12.5. The molecule has 32 heavy (non-hydrogen) atoms. The Kier molecular flexibility index (Phi) is 8.82. The summed E-state index contributed by atoms with van der Waals surface area (Å²) in [5, 5.41) is 13.4. The number of amides is 1. The third-order valence-corrected chi connectivity index (χ3v) is 6.58. The van der Waals surface area contributed by atoms with Crippen molar-refractivity contribution in [2.24, 2.45) is 0 Å². The van der Waals surface area contributed by atoms with E-state index in [-0.39, 0.29) is 5.57 Å². The number of aryl methyl sites for hydroxylation is 1. The molecule has 0 fully saturated rings. The Morgan fingerprint density at radius 3 is 2.34 bits per heavy atom. The molecule has 1 amide bonds. The number of nitrogens with zero attached hydrogens (tertiary/aromatic N) is 1. The Hall–Kier alpha value is -1.80. The van der Waals surface area contributed by atoms with Crippen molar-refractivity contribution >= 4 is 86.1 Å². The summed E-state index contributed by atoms with van der Waals surface area (Å²) in [7, 11) is 0. The average Bonchev–Trinajstić information content (AvgIpc) is 2.74. The minimum Gasteiger partial charge on any atom is -0.487 e. The standard InChI is InChI=1S/C24H16Cl2I2N2O2/c1-14-2-6-19(7-3-14)30-24(31)17(12-29)8-15-9-21(27)23(22(28)10-15)32-13-16-4-5-18(25)11-20(16)26/h2-11H,13H2,1H3,(H,30,31)/b17-8+. The SMILES string of the molecule is Cc1ccc(NC(=O)/C(C#N)=C/c2cc(I)c(OCc3ccc(Cl)cc3Cl)c(I)c2)cc1. The van der Waals surface area contributed by atoms with Gasteiger partial charge in [0.2, 0.25) is 0 Å². The van der Waals surface area contributed by atoms with Crippen LogP contribution in [0.15, 0.2) is 60.2 Å². The van der Waals surface area contributed by atoms with Gasteiger partial charge < -0.3 is 10.1 Å². The summed E-state index contributed by atoms with van der Waals surface area (Å²) in [5.74, 6) is 0.246. The van der Waals surface area contributed by atoms with Crippen molar-refractivity contribution in [3.8, 4) is 11.8 Å². The summed E-state index contributed by atoms with van der Waals surface area (Å²) in [4.78, 5) is 12.5. The summed E-state index contributed by atoms with van der Waals surface area (Å²) in [5.41, 5.74) is 3.29. The van der Waals surface area contributed by atoms with Crippen molar-refractivity contribution in [2.75, 3.05) is 5.32 Å². The molecule has 162 valence electrons. The summed E-state index contributed by atoms with van der Waals surface area (Å²) in [6, 6.07) is 18.4. The molecule has 3 aromatic carbocycles. The van der Waals surface area contributed by atoms with Crippen LogP contribution < -0.4 is 10.1 Å². The molecule has 0 atom stereocenters. The van der Waals surface area contributed by atoms with Crippen LogP contribution in [-0.2, 0) is 11.4 Å². The lowest BCUT2D eigenvalue weighted by Crippen LogP contribution is -2.13. The molecule has 0 aliphatic heterocycles. The highest BCUT2D eigenvalue weighted by Crippen LogP contribution is 2.31. The number of halogens is 4. The quantitative estimate of drug-likeness (QED) is 0.165. The first-order valence-corrected chi connectivity index (χ1v) is 12.2. The number of carbonyl (C=O) groups excluding carboxylic acids is 1. The molecule has 0 saturated carbocycles. The first-order chi connectivity index (χ1) is 15.3. The number of rotatable bonds is 6. The number of anilines is 1. The summed E-state index contributed by atoms with van der Waals surface area (Å²) >= 11 is 16.5. The maximum Gasteiger partial charge on any atom is 0.266 e. The number of nitriles is 1. The smallest absolute Gasteiger partial charge is 0.266 e. The van der Waals surface area contributed by atoms with E-state index in [9.17, 15) is 10.1 Å². The fourth-order valence-corrected chi connectivity index (χ4v) is 5.33. The Labute approximate surface area is 223 Å². The van der Waals surface area contributed by atoms with E-state index in [4.69, 9.17) is 27.9 Å². The number of ether oxygens (including phenoxy) is 1. The number of benzene rings is 3. The van der Waals surface area contributed by atoms with Gasteiger partial charge in [-0.1, -0.05) is 47.0 Å². The number of hydrogen-bond acceptors (Lipinski definition) is 3. The van der Waals surface area contributed by atoms with Gasteiger partial charge in [-0.15, -0.1) is 0 Å². The van der Waals surface area contributed by atoms with Gasteiger partial charge in [-0.3, -0.25) is 4.79 Å². The van der Waals surface area contributed by atoms with Gasteiger partial charge >= 0.3 is 0 Å². The van der Waals surface area contributed by atoms with Gasteiger partial charge in [0.1, 0.15) is 24.0 Å². The second kappa shape index (κ2) is 11.4. The maximum absolute atomic E-state index is 12.5. The topological polar surface area (TPSA) is 62.1 Å². The lowest BCUT2D eigenvalue weighted by Gasteiger charge is -2.13. The number of nitrogens with one attached hydrogen (secondary N) is 1. The summed E-state index contributed by atoms with van der Waals surface area (Å²) in [6.45, 7) is 2.26. The summed E-state index contributed by atoms with van der Waals surface area (Å²) in [6.07, 6.45) is 1.56. The van der Waals surface area contributed by atoms with Crippen LogP contribution in [-0.4, -0.2) is 5.91 Å². The Morgan fingerprint density at radius 1 is 1.09 bits per heavy atom. The first kappa shape index (κ1) is 24.8. The molecule has 8 heteroatoms. The molecular weight excluding hydrogens is 673 g/mol. The van der Waals surface area contributed by atoms with Gasteiger partial charge in [0.15, 0.2) is 0 Å². The van der Waals surface area contributed by atoms with Gasteiger partial charge in [-0.25, -0.2) is 0 Å². The van der Waals surface area contributed by atoms with Crippen LogP contribution in [0.4, 0.5) is 5.69 Å². The van der Waals surface area contributed by atoms with E-state index in [0.29, 0.717) is 28.1 Å². The molecule has 3 rings (SSSR count). The van der Waals surface area contributed by atoms with Crippen LogP contribution in [0.3, 0.4) is 0 Å². The zero-order valence-corrected chi connectivity index (χ0v) is 22.6. The minimum atomic E-state index is -0.459. The van der Waals surface area contributed by atoms with Gasteiger partial charge in [0, 0.05) is 21.3 Å². The third kappa shape index (κ3) is 6.61. The van der Waals surface area contributed by atoms with Crippen LogP contribution in [0.5, 0.6) is 5.75 Å². The van der Waals surface area contributed by atoms with Crippen molar-refractivity contribution in [3.63, 3.8) is 0 Å². The molecule has 3 aromatic rings. The van der Waals surface area contributed by atoms with E-state index in [2.05, 4.69) is 50.5 Å². The lowest BCUT2D eigenvalue weighted by molar-refractivity contribution is -0.112. The monoisotopic (exact) mass is 688 g/mol. The van der Waals surface area contributed by atoms with Crippen LogP contribution in [0, 0.1) is 25.4 Å². The molecule has 0 spiro atoms. The molecular formula is C24H16Cl2I2N2O2. The van der Waals surface area contributed by atoms with Crippen molar-refractivity contribution in [2.45, 2.75) is 13.5 Å². The molecule has 0 bridgehead atoms. The predicted molar refractivity (Wildman–Crippen MR) is 146 cm³/mol. The Morgan fingerprint density at radius 2 is 1.75 bits per heavy atom. The zero-order chi connectivity index (χ0) is 23.3. The van der Waals surface area contributed by atoms with Crippen LogP contribution in [0.2, 0.25) is 10.0 Å². The molecule has 0 aliphatic rings. The van der Waals surface area contributed by atoms with Crippen molar-refractivity contribution in [3.05, 3.63) is 94.0 Å². The molecule has 0 heterocycles. The largest absolute Gasteiger partial charge is 0.487 e. The van der Waals surface area contributed by atoms with E-state index in [0.717, 1.165) is 23.8 Å². The highest BCUT2D eigenvalue weighted by molar-refractivity contribution is 14.1. The highest BCUT2D eigenvalue weighted by atomic mass is 127. The average molecular weight is 689 g/mol. The highest BCUT2D eigenvalue weighted by Gasteiger charge is 2.13. The first-order valence-electron chi connectivity index (χ1n) is 9.32. The lowest BCUT2D eigenvalue weighted by atomic mass is 10.1. The molecule has 1 N–H and O–H groups in total. The Bertz CT molecular complexity index is 1210. The molecule has 0 radical (unpaired) electrons. The molecule has 0 aromatic heterocycles. The molecule has 4 nitrogen and oxygen atoms in total. The molecule has 0 saturated heterocycles. The van der Waals surface area contributed by atoms with Crippen LogP contribution >= 0.6 is 68.4 Å². The van der Waals surface area contributed by atoms with Gasteiger partial charge in [0.05, 0.1) is 7.14 Å². The van der Waals surface area contributed by atoms with E-state index >= 15 is 0 Å². The number of carbonyl (C=O) groups is 1. The second-order valence-corrected chi connectivity index (χ2v) is 10.00. The third-order valence-electron chi connectivity index (χ3n) is 4.39. The minimum absolute atomic E-state index is 0.0128. The van der Waals surface area contributed by atoms with Crippen molar-refractivity contribution in [1.29, 1.82) is 5.26 Å². The zero-order valence-electron chi connectivity index (χ0n) is 16.8. The number of hydrogen-bond donors (Lipinski definition) is 1. The fourth-order valence-electron chi connectivity index (χ4n) is 2.74. The molecule has 0 unspecified atom stereocenters. The summed E-state index contributed by atoms with van der Waals surface area (Å²) < 4.78 is 7.69. The normalized spacial score (nSPS) is 11.1. The van der Waals surface area contributed by atoms with E-state index < -0.39 is 5.91 Å². The predicted octanol–water partition coefficient (Wildman–Crippen LogP) is 7.64. The second-order valence-electron chi connectivity index (χ2n) is 6.83. The van der Waals surface area contributed by atoms with E-state index in [1.54, 1.807) is 30.3 Å². The van der Waals surface area contributed by atoms with E-state index in [1.807, 2.05) is 43.3 Å². The van der Waals surface area contributed by atoms with Crippen molar-refractivity contribution < 1.29 is 9.53 Å².